The molecule has 0 aliphatic heterocycles. The summed E-state index contributed by atoms with van der Waals surface area (Å²) in [6, 6.07) is 83.6. The van der Waals surface area contributed by atoms with Gasteiger partial charge in [0.15, 0.2) is 11.3 Å². The van der Waals surface area contributed by atoms with Gasteiger partial charge in [-0.1, -0.05) is 144 Å². The monoisotopic (exact) mass is 3000 g/mol. The SMILES string of the molecule is CC(C)c1cc2c(nc3c4[c-]cccc4n4ccnc4n23)s1.CC(C)c1nc2nc3c4[c-]cccc4n4c5ccccc5nc4n3c2s1.[CH3-].[CH3-].[CH3-].[CH3-].[CH3-].[Ir].[Ir].[Ir].[Ir].[Ir].[Y].[Y].[Y].[Y].[Y].[c-]1cccc2c1c1nc3ccccc3n1c1nccn21.[c-]1cccc2c1c1nc3nc(-c4ccccc4)sc3n1c1nccn21.[c-]1cccc2c1c1nccn1c1nc3ccccc3n21. The van der Waals surface area contributed by atoms with Crippen LogP contribution in [0.4, 0.5) is 0 Å². The minimum atomic E-state index is 0. The van der Waals surface area contributed by atoms with E-state index in [0.29, 0.717) is 11.8 Å². The topological polar surface area (TPSA) is 199 Å². The van der Waals surface area contributed by atoms with E-state index in [2.05, 4.69) is 184 Å². The Morgan fingerprint density at radius 1 is 0.289 bits per heavy atom. The van der Waals surface area contributed by atoms with Crippen LogP contribution in [0.1, 0.15) is 49.4 Å². The van der Waals surface area contributed by atoms with Crippen molar-refractivity contribution in [2.45, 2.75) is 39.5 Å². The van der Waals surface area contributed by atoms with Crippen LogP contribution in [0.5, 0.6) is 0 Å². The van der Waals surface area contributed by atoms with Gasteiger partial charge in [-0.3, -0.25) is 33.7 Å². The first kappa shape index (κ1) is 108. The fourth-order valence-corrected chi connectivity index (χ4v) is 18.6. The Morgan fingerprint density at radius 2 is 0.656 bits per heavy atom. The van der Waals surface area contributed by atoms with E-state index in [1.807, 2.05) is 181 Å². The predicted molar refractivity (Wildman–Crippen MR) is 481 cm³/mol. The van der Waals surface area contributed by atoms with Crippen LogP contribution in [0.3, 0.4) is 0 Å². The fourth-order valence-electron chi connectivity index (χ4n) is 15.6. The summed E-state index contributed by atoms with van der Waals surface area (Å²) in [5.74, 6) is 5.26. The average Bonchev–Trinajstić information content (AvgIpc) is 1.50. The van der Waals surface area contributed by atoms with Crippen molar-refractivity contribution in [2.75, 3.05) is 0 Å². The van der Waals surface area contributed by atoms with Crippen molar-refractivity contribution in [3.05, 3.63) is 327 Å². The number of rotatable bonds is 3. The number of thiazole rings is 2. The van der Waals surface area contributed by atoms with E-state index in [-0.39, 0.29) is 301 Å². The normalized spacial score (nSPS) is 10.8. The Labute approximate surface area is 940 Å². The van der Waals surface area contributed by atoms with E-state index < -0.39 is 0 Å². The van der Waals surface area contributed by atoms with Crippen molar-refractivity contribution in [1.29, 1.82) is 0 Å². The Morgan fingerprint density at radius 3 is 1.16 bits per heavy atom. The number of benzene rings is 9. The third-order valence-electron chi connectivity index (χ3n) is 20.6. The van der Waals surface area contributed by atoms with E-state index in [0.717, 1.165) is 192 Å². The van der Waals surface area contributed by atoms with Gasteiger partial charge in [-0.2, -0.15) is 0 Å². The van der Waals surface area contributed by atoms with Gasteiger partial charge in [-0.05, 0) is 76.0 Å². The largest absolute Gasteiger partial charge is 0.358 e. The fraction of sp³-hybridized carbons (Fsp3) is 0.0645. The second kappa shape index (κ2) is 44.2. The summed E-state index contributed by atoms with van der Waals surface area (Å²) in [6.07, 6.45) is 15.1. The molecule has 0 spiro atoms. The molecular weight excluding hydrogens is 2930 g/mol. The molecule has 35 heteroatoms. The molecule has 18 heterocycles. The molecule has 0 aliphatic carbocycles. The Balaban J connectivity index is 0.000000193. The van der Waals surface area contributed by atoms with E-state index in [1.54, 1.807) is 40.2 Å². The van der Waals surface area contributed by atoms with Gasteiger partial charge in [0.05, 0.1) is 71.9 Å². The number of hydrogen-bond acceptors (Lipinski definition) is 15. The van der Waals surface area contributed by atoms with Crippen LogP contribution >= 0.6 is 34.0 Å². The molecule has 0 atom stereocenters. The molecule has 27 aromatic rings. The maximum absolute atomic E-state index is 4.92. The Bertz CT molecular complexity index is 8570. The molecule has 0 N–H and O–H groups in total. The number of imidazole rings is 10. The number of hydrogen-bond donors (Lipinski definition) is 0. The molecule has 10 radical (unpaired) electrons. The maximum Gasteiger partial charge on any atom is 0.205 e. The summed E-state index contributed by atoms with van der Waals surface area (Å²) in [7, 11) is 0. The van der Waals surface area contributed by atoms with Crippen LogP contribution in [0.25, 0.3) is 187 Å². The molecule has 27 rings (SSSR count). The second-order valence-corrected chi connectivity index (χ2v) is 31.0. The van der Waals surface area contributed by atoms with Gasteiger partial charge in [0.1, 0.15) is 19.5 Å². The molecule has 0 saturated carbocycles. The van der Waals surface area contributed by atoms with Crippen molar-refractivity contribution in [3.8, 4) is 10.6 Å². The first-order valence-electron chi connectivity index (χ1n) is 36.7. The second-order valence-electron chi connectivity index (χ2n) is 28.0. The zero-order chi connectivity index (χ0) is 74.8. The molecule has 0 aliphatic rings. The summed E-state index contributed by atoms with van der Waals surface area (Å²) in [5, 5.41) is 7.07. The molecule has 640 valence electrons. The number of aromatic nitrogens is 22. The van der Waals surface area contributed by atoms with Crippen LogP contribution in [-0.4, -0.2) is 104 Å². The Hall–Kier alpha value is -5.63. The van der Waals surface area contributed by atoms with Crippen molar-refractivity contribution in [2.24, 2.45) is 0 Å². The predicted octanol–water partition coefficient (Wildman–Crippen LogP) is 21.7. The summed E-state index contributed by atoms with van der Waals surface area (Å²) < 4.78 is 21.1. The molecule has 0 unspecified atom stereocenters. The molecular formula is C93H70Ir5N22S3Y5-10. The van der Waals surface area contributed by atoms with Crippen LogP contribution in [-0.2, 0) is 264 Å². The molecule has 0 fully saturated rings. The van der Waals surface area contributed by atoms with Gasteiger partial charge in [-0.25, -0.2) is 34.9 Å². The quantitative estimate of drug-likeness (QED) is 0.152. The molecule has 22 nitrogen and oxygen atoms in total. The summed E-state index contributed by atoms with van der Waals surface area (Å²) in [5.41, 5.74) is 19.8. The standard InChI is InChI=1S/C20H14N5S.C19H10N5S.C17H13N4S.2C16H9N4.5CH3.5Ir.5Y/c1-11(2)18-23-16-19(26-18)25-17(22-16)12-7-3-5-9-14(12)24-15-10-6-4-8-13(15)21-20(24)25;1-2-6-12(7-3-1)17-22-15-18(25-17)24-16(21-15)13-8-4-5-9-14(13)23-11-10-20-19(23)24;1-10(2)14-9-13-16(22-14)19-15-11-5-3-4-6-12(11)20-8-7-18-17(20)21(13)15;1-3-7-13-11(5-1)15-18-12-6-2-4-8-14(12)20(15)16-17-9-10-19(13)16;1-3-7-13-11(5-1)15-17-9-10-19(15)16-18-12-6-2-4-8-14(12)20(13)16;;;;;;;;;;;;;;;/h3-6,8-11H,1-2H3;1-7,9-11H;3-4,6-10H,1-2H3;2*1-4,6-10H;5*1H3;;;;;;;;;;/q10*-1;;;;;;;;;;. The minimum absolute atomic E-state index is 0. The summed E-state index contributed by atoms with van der Waals surface area (Å²) in [6.45, 7) is 8.75. The Kier molecular flexibility index (Phi) is 37.2. The van der Waals surface area contributed by atoms with E-state index in [9.17, 15) is 0 Å². The number of fused-ring (bicyclic) bond motifs is 42. The third-order valence-corrected chi connectivity index (χ3v) is 24.4. The van der Waals surface area contributed by atoms with Gasteiger partial charge >= 0.3 is 0 Å². The molecule has 18 aromatic heterocycles. The third kappa shape index (κ3) is 17.8. The smallest absolute Gasteiger partial charge is 0.205 e. The van der Waals surface area contributed by atoms with Gasteiger partial charge < -0.3 is 72.3 Å². The van der Waals surface area contributed by atoms with Crippen LogP contribution in [0, 0.1) is 67.5 Å². The number of thiophene rings is 1. The van der Waals surface area contributed by atoms with Crippen LogP contribution in [0.2, 0.25) is 0 Å². The minimum Gasteiger partial charge on any atom is -0.358 e. The molecule has 9 aromatic carbocycles. The van der Waals surface area contributed by atoms with Gasteiger partial charge in [-0.15, -0.1) is 133 Å². The van der Waals surface area contributed by atoms with E-state index in [1.165, 1.54) is 4.88 Å². The summed E-state index contributed by atoms with van der Waals surface area (Å²) in [4.78, 5) is 60.9. The molecule has 0 amide bonds. The molecule has 0 saturated heterocycles. The van der Waals surface area contributed by atoms with Crippen LogP contribution < -0.4 is 0 Å². The maximum atomic E-state index is 4.92. The number of para-hydroxylation sites is 6. The van der Waals surface area contributed by atoms with Crippen molar-refractivity contribution >= 4 is 210 Å². The zero-order valence-corrected chi connectivity index (χ0v) is 98.6. The van der Waals surface area contributed by atoms with Crippen molar-refractivity contribution in [1.82, 2.24) is 104 Å². The van der Waals surface area contributed by atoms with Gasteiger partial charge in [0, 0.05) is 330 Å². The van der Waals surface area contributed by atoms with Gasteiger partial charge in [0.2, 0.25) is 28.9 Å². The van der Waals surface area contributed by atoms with E-state index in [4.69, 9.17) is 39.9 Å². The zero-order valence-electron chi connectivity index (χ0n) is 69.9. The molecule has 0 bridgehead atoms. The molecule has 128 heavy (non-hydrogen) atoms. The first-order valence-corrected chi connectivity index (χ1v) is 39.2. The first-order chi connectivity index (χ1) is 55.7. The number of nitrogens with zero attached hydrogens (tertiary/aromatic N) is 22. The van der Waals surface area contributed by atoms with Crippen molar-refractivity contribution < 1.29 is 264 Å². The van der Waals surface area contributed by atoms with Crippen molar-refractivity contribution in [3.63, 3.8) is 0 Å². The van der Waals surface area contributed by atoms with Crippen LogP contribution in [0.15, 0.2) is 250 Å². The van der Waals surface area contributed by atoms with E-state index >= 15 is 0 Å². The van der Waals surface area contributed by atoms with Gasteiger partial charge in [0.25, 0.3) is 0 Å². The average molecular weight is 3000 g/mol. The summed E-state index contributed by atoms with van der Waals surface area (Å²) >= 11 is 5.10.